The lowest BCUT2D eigenvalue weighted by atomic mass is 9.94. The van der Waals surface area contributed by atoms with Crippen molar-refractivity contribution in [1.29, 1.82) is 0 Å². The number of hydrogen-bond donors (Lipinski definition) is 0. The highest BCUT2D eigenvalue weighted by Gasteiger charge is 2.29. The maximum atomic E-state index is 12.3. The Kier molecular flexibility index (Phi) is 5.32. The molecule has 2 aromatic rings. The number of hydrogen-bond acceptors (Lipinski definition) is 5. The molecule has 3 rings (SSSR count). The van der Waals surface area contributed by atoms with Crippen LogP contribution < -0.4 is 0 Å². The number of nitrogens with zero attached hydrogens (tertiary/aromatic N) is 1. The molecule has 0 spiro atoms. The third-order valence-electron chi connectivity index (χ3n) is 4.21. The van der Waals surface area contributed by atoms with E-state index in [1.807, 2.05) is 43.3 Å². The first-order chi connectivity index (χ1) is 12.5. The summed E-state index contributed by atoms with van der Waals surface area (Å²) in [7, 11) is 0. The number of aryl methyl sites for hydroxylation is 1. The zero-order valence-electron chi connectivity index (χ0n) is 14.6. The highest BCUT2D eigenvalue weighted by molar-refractivity contribution is 7.14. The maximum absolute atomic E-state index is 12.3. The summed E-state index contributed by atoms with van der Waals surface area (Å²) in [5.41, 5.74) is 1.86. The van der Waals surface area contributed by atoms with Crippen LogP contribution in [0.2, 0.25) is 0 Å². The standard InChI is InChI=1S/C20H19NO4S/c1-13-7-8-19(26-13)18(23)12-25-20(24)11-17-16-6-4-3-5-15(16)9-10-21(17)14(2)22/h3-10,17H,11-12H2,1-2H3. The van der Waals surface area contributed by atoms with E-state index in [4.69, 9.17) is 4.74 Å². The Morgan fingerprint density at radius 3 is 2.62 bits per heavy atom. The van der Waals surface area contributed by atoms with Gasteiger partial charge in [-0.3, -0.25) is 14.4 Å². The van der Waals surface area contributed by atoms with Gasteiger partial charge in [-0.1, -0.05) is 24.3 Å². The number of carbonyl (C=O) groups excluding carboxylic acids is 3. The molecule has 2 heterocycles. The van der Waals surface area contributed by atoms with Crippen molar-refractivity contribution in [1.82, 2.24) is 4.90 Å². The van der Waals surface area contributed by atoms with Gasteiger partial charge in [-0.15, -0.1) is 11.3 Å². The Morgan fingerprint density at radius 1 is 1.15 bits per heavy atom. The number of benzene rings is 1. The van der Waals surface area contributed by atoms with Gasteiger partial charge in [0.15, 0.2) is 6.61 Å². The van der Waals surface area contributed by atoms with Crippen molar-refractivity contribution in [2.24, 2.45) is 0 Å². The molecule has 1 atom stereocenters. The fourth-order valence-corrected chi connectivity index (χ4v) is 3.72. The van der Waals surface area contributed by atoms with E-state index in [9.17, 15) is 14.4 Å². The van der Waals surface area contributed by atoms with Gasteiger partial charge >= 0.3 is 5.97 Å². The van der Waals surface area contributed by atoms with E-state index in [0.717, 1.165) is 16.0 Å². The van der Waals surface area contributed by atoms with Gasteiger partial charge in [0.25, 0.3) is 0 Å². The molecule has 0 N–H and O–H groups in total. The molecular formula is C20H19NO4S. The van der Waals surface area contributed by atoms with Crippen LogP contribution in [0.4, 0.5) is 0 Å². The van der Waals surface area contributed by atoms with Crippen molar-refractivity contribution in [2.45, 2.75) is 26.3 Å². The molecule has 1 amide bonds. The summed E-state index contributed by atoms with van der Waals surface area (Å²) in [5.74, 6) is -0.879. The Morgan fingerprint density at radius 2 is 1.92 bits per heavy atom. The number of ketones is 1. The van der Waals surface area contributed by atoms with E-state index < -0.39 is 12.0 Å². The van der Waals surface area contributed by atoms with Crippen LogP contribution in [0.3, 0.4) is 0 Å². The number of ether oxygens (including phenoxy) is 1. The van der Waals surface area contributed by atoms with Gasteiger partial charge in [0, 0.05) is 18.0 Å². The zero-order chi connectivity index (χ0) is 18.7. The van der Waals surface area contributed by atoms with E-state index in [1.54, 1.807) is 12.3 Å². The van der Waals surface area contributed by atoms with Crippen LogP contribution in [-0.2, 0) is 14.3 Å². The number of thiophene rings is 1. The van der Waals surface area contributed by atoms with Crippen molar-refractivity contribution in [3.63, 3.8) is 0 Å². The third-order valence-corrected chi connectivity index (χ3v) is 5.25. The van der Waals surface area contributed by atoms with E-state index in [-0.39, 0.29) is 24.7 Å². The van der Waals surface area contributed by atoms with Crippen molar-refractivity contribution < 1.29 is 19.1 Å². The molecule has 1 aliphatic heterocycles. The highest BCUT2D eigenvalue weighted by atomic mass is 32.1. The van der Waals surface area contributed by atoms with E-state index >= 15 is 0 Å². The summed E-state index contributed by atoms with van der Waals surface area (Å²) >= 11 is 1.38. The predicted molar refractivity (Wildman–Crippen MR) is 99.7 cm³/mol. The molecule has 26 heavy (non-hydrogen) atoms. The van der Waals surface area contributed by atoms with Crippen LogP contribution in [0.25, 0.3) is 6.08 Å². The second-order valence-corrected chi connectivity index (χ2v) is 7.37. The summed E-state index contributed by atoms with van der Waals surface area (Å²) in [5, 5.41) is 0. The van der Waals surface area contributed by atoms with Crippen LogP contribution in [-0.4, -0.2) is 29.2 Å². The van der Waals surface area contributed by atoms with Gasteiger partial charge in [-0.2, -0.15) is 0 Å². The number of fused-ring (bicyclic) bond motifs is 1. The van der Waals surface area contributed by atoms with E-state index in [0.29, 0.717) is 4.88 Å². The largest absolute Gasteiger partial charge is 0.457 e. The number of Topliss-reactive ketones (excluding diaryl/α,β-unsaturated/α-hetero) is 1. The van der Waals surface area contributed by atoms with E-state index in [2.05, 4.69) is 0 Å². The van der Waals surface area contributed by atoms with Crippen molar-refractivity contribution >= 4 is 35.1 Å². The molecule has 1 unspecified atom stereocenters. The fraction of sp³-hybridized carbons (Fsp3) is 0.250. The normalized spacial score (nSPS) is 15.5. The van der Waals surface area contributed by atoms with Crippen LogP contribution in [0, 0.1) is 6.92 Å². The number of esters is 1. The molecule has 0 aliphatic carbocycles. The lowest BCUT2D eigenvalue weighted by Gasteiger charge is -2.32. The topological polar surface area (TPSA) is 63.7 Å². The van der Waals surface area contributed by atoms with Gasteiger partial charge in [-0.05, 0) is 36.3 Å². The van der Waals surface area contributed by atoms with Gasteiger partial charge < -0.3 is 9.64 Å². The molecule has 1 aromatic heterocycles. The minimum absolute atomic E-state index is 0.00230. The first-order valence-corrected chi connectivity index (χ1v) is 9.08. The van der Waals surface area contributed by atoms with Crippen LogP contribution in [0.15, 0.2) is 42.6 Å². The summed E-state index contributed by atoms with van der Waals surface area (Å²) in [6, 6.07) is 10.8. The maximum Gasteiger partial charge on any atom is 0.308 e. The molecule has 5 nitrogen and oxygen atoms in total. The molecule has 134 valence electrons. The Bertz CT molecular complexity index is 883. The smallest absolute Gasteiger partial charge is 0.308 e. The van der Waals surface area contributed by atoms with Gasteiger partial charge in [0.1, 0.15) is 0 Å². The molecular weight excluding hydrogens is 350 g/mol. The molecule has 0 radical (unpaired) electrons. The number of carbonyl (C=O) groups is 3. The summed E-state index contributed by atoms with van der Waals surface area (Å²) in [4.78, 5) is 39.4. The minimum Gasteiger partial charge on any atom is -0.457 e. The first-order valence-electron chi connectivity index (χ1n) is 8.27. The lowest BCUT2D eigenvalue weighted by Crippen LogP contribution is -2.32. The van der Waals surface area contributed by atoms with Gasteiger partial charge in [0.2, 0.25) is 11.7 Å². The Balaban J connectivity index is 1.67. The Labute approximate surface area is 155 Å². The van der Waals surface area contributed by atoms with Crippen LogP contribution in [0.5, 0.6) is 0 Å². The molecule has 0 saturated carbocycles. The quantitative estimate of drug-likeness (QED) is 0.595. The van der Waals surface area contributed by atoms with Crippen LogP contribution >= 0.6 is 11.3 Å². The Hall–Kier alpha value is -2.73. The first kappa shape index (κ1) is 18.1. The number of rotatable bonds is 5. The molecule has 0 bridgehead atoms. The van der Waals surface area contributed by atoms with Crippen molar-refractivity contribution in [2.75, 3.05) is 6.61 Å². The zero-order valence-corrected chi connectivity index (χ0v) is 15.4. The molecule has 0 saturated heterocycles. The summed E-state index contributed by atoms with van der Waals surface area (Å²) < 4.78 is 5.17. The second-order valence-electron chi connectivity index (χ2n) is 6.09. The van der Waals surface area contributed by atoms with E-state index in [1.165, 1.54) is 23.2 Å². The number of amides is 1. The average molecular weight is 369 g/mol. The molecule has 0 fully saturated rings. The highest BCUT2D eigenvalue weighted by Crippen LogP contribution is 2.33. The predicted octanol–water partition coefficient (Wildman–Crippen LogP) is 3.75. The minimum atomic E-state index is -0.506. The fourth-order valence-electron chi connectivity index (χ4n) is 2.93. The summed E-state index contributed by atoms with van der Waals surface area (Å²) in [6.45, 7) is 3.08. The molecule has 6 heteroatoms. The van der Waals surface area contributed by atoms with Gasteiger partial charge in [-0.25, -0.2) is 0 Å². The third kappa shape index (κ3) is 3.91. The second kappa shape index (κ2) is 7.66. The lowest BCUT2D eigenvalue weighted by molar-refractivity contribution is -0.144. The average Bonchev–Trinajstić information content (AvgIpc) is 3.06. The summed E-state index contributed by atoms with van der Waals surface area (Å²) in [6.07, 6.45) is 3.53. The molecule has 1 aromatic carbocycles. The monoisotopic (exact) mass is 369 g/mol. The van der Waals surface area contributed by atoms with Gasteiger partial charge in [0.05, 0.1) is 17.3 Å². The van der Waals surface area contributed by atoms with Crippen molar-refractivity contribution in [3.8, 4) is 0 Å². The van der Waals surface area contributed by atoms with Crippen LogP contribution in [0.1, 0.15) is 45.1 Å². The van der Waals surface area contributed by atoms with Crippen molar-refractivity contribution in [3.05, 3.63) is 63.5 Å². The molecule has 1 aliphatic rings. The SMILES string of the molecule is CC(=O)N1C=Cc2ccccc2C1CC(=O)OCC(=O)c1ccc(C)s1.